The predicted molar refractivity (Wildman–Crippen MR) is 92.7 cm³/mol. The van der Waals surface area contributed by atoms with Crippen LogP contribution in [0.2, 0.25) is 10.0 Å². The van der Waals surface area contributed by atoms with E-state index in [4.69, 9.17) is 28.9 Å². The highest BCUT2D eigenvalue weighted by Gasteiger charge is 2.31. The number of nitrogens with zero attached hydrogens (tertiary/aromatic N) is 1. The molecule has 0 spiro atoms. The highest BCUT2D eigenvalue weighted by molar-refractivity contribution is 6.39. The Morgan fingerprint density at radius 3 is 2.48 bits per heavy atom. The number of anilines is 1. The number of carbonyl (C=O) groups excluding carboxylic acids is 2. The molecule has 0 saturated heterocycles. The van der Waals surface area contributed by atoms with Gasteiger partial charge in [0.1, 0.15) is 0 Å². The van der Waals surface area contributed by atoms with Gasteiger partial charge in [0.25, 0.3) is 0 Å². The van der Waals surface area contributed by atoms with Gasteiger partial charge in [-0.25, -0.2) is 0 Å². The van der Waals surface area contributed by atoms with Gasteiger partial charge in [0.2, 0.25) is 11.8 Å². The van der Waals surface area contributed by atoms with Crippen LogP contribution in [0.5, 0.6) is 0 Å². The van der Waals surface area contributed by atoms with Crippen LogP contribution in [0.1, 0.15) is 26.2 Å². The highest BCUT2D eigenvalue weighted by atomic mass is 35.5. The lowest BCUT2D eigenvalue weighted by atomic mass is 10.1. The summed E-state index contributed by atoms with van der Waals surface area (Å²) in [5.41, 5.74) is 6.23. The number of rotatable bonds is 5. The smallest absolute Gasteiger partial charge is 0.244 e. The van der Waals surface area contributed by atoms with E-state index in [2.05, 4.69) is 5.32 Å². The normalized spacial score (nSPS) is 20.3. The molecule has 23 heavy (non-hydrogen) atoms. The minimum atomic E-state index is -0.322. The lowest BCUT2D eigenvalue weighted by Gasteiger charge is -2.24. The van der Waals surface area contributed by atoms with Crippen LogP contribution >= 0.6 is 23.2 Å². The molecule has 0 aliphatic heterocycles. The average molecular weight is 358 g/mol. The van der Waals surface area contributed by atoms with Gasteiger partial charge in [0.15, 0.2) is 0 Å². The number of para-hydroxylation sites is 1. The van der Waals surface area contributed by atoms with Gasteiger partial charge in [-0.1, -0.05) is 29.3 Å². The van der Waals surface area contributed by atoms with Crippen molar-refractivity contribution < 1.29 is 9.59 Å². The second kappa shape index (κ2) is 7.99. The van der Waals surface area contributed by atoms with E-state index in [1.54, 1.807) is 23.1 Å². The molecule has 0 aromatic heterocycles. The van der Waals surface area contributed by atoms with Crippen molar-refractivity contribution >= 4 is 40.7 Å². The molecule has 1 aliphatic carbocycles. The summed E-state index contributed by atoms with van der Waals surface area (Å²) < 4.78 is 0. The molecule has 0 heterocycles. The topological polar surface area (TPSA) is 75.4 Å². The van der Waals surface area contributed by atoms with Crippen LogP contribution in [0, 0.1) is 5.92 Å². The van der Waals surface area contributed by atoms with Crippen LogP contribution in [-0.4, -0.2) is 35.8 Å². The Balaban J connectivity index is 1.98. The number of halogens is 2. The molecule has 1 fully saturated rings. The molecule has 1 aromatic rings. The fourth-order valence-electron chi connectivity index (χ4n) is 2.81. The molecule has 1 saturated carbocycles. The first-order valence-corrected chi connectivity index (χ1v) is 8.46. The summed E-state index contributed by atoms with van der Waals surface area (Å²) in [6.45, 7) is 2.29. The Morgan fingerprint density at radius 1 is 1.30 bits per heavy atom. The summed E-state index contributed by atoms with van der Waals surface area (Å²) >= 11 is 12.1. The Kier molecular flexibility index (Phi) is 6.27. The number of nitrogens with one attached hydrogen (secondary N) is 1. The zero-order valence-corrected chi connectivity index (χ0v) is 14.5. The largest absolute Gasteiger partial charge is 0.333 e. The zero-order chi connectivity index (χ0) is 17.0. The fourth-order valence-corrected chi connectivity index (χ4v) is 3.31. The van der Waals surface area contributed by atoms with Gasteiger partial charge >= 0.3 is 0 Å². The van der Waals surface area contributed by atoms with E-state index in [1.807, 2.05) is 6.92 Å². The molecule has 5 nitrogen and oxygen atoms in total. The Bertz CT molecular complexity index is 574. The van der Waals surface area contributed by atoms with Gasteiger partial charge in [-0.3, -0.25) is 9.59 Å². The van der Waals surface area contributed by atoms with Gasteiger partial charge in [0.05, 0.1) is 22.3 Å². The second-order valence-corrected chi connectivity index (χ2v) is 6.58. The molecule has 0 unspecified atom stereocenters. The maximum Gasteiger partial charge on any atom is 0.244 e. The lowest BCUT2D eigenvalue weighted by Crippen LogP contribution is -2.41. The molecule has 1 aromatic carbocycles. The fraction of sp³-hybridized carbons (Fsp3) is 0.500. The molecule has 2 atom stereocenters. The van der Waals surface area contributed by atoms with Crippen molar-refractivity contribution in [2.75, 3.05) is 18.4 Å². The Labute approximate surface area is 146 Å². The van der Waals surface area contributed by atoms with Crippen molar-refractivity contribution in [3.05, 3.63) is 28.2 Å². The number of hydrogen-bond donors (Lipinski definition) is 2. The van der Waals surface area contributed by atoms with Crippen molar-refractivity contribution in [2.24, 2.45) is 11.7 Å². The van der Waals surface area contributed by atoms with Crippen molar-refractivity contribution in [3.63, 3.8) is 0 Å². The molecular formula is C16H21Cl2N3O2. The number of amides is 2. The predicted octanol–water partition coefficient (Wildman–Crippen LogP) is 2.91. The molecule has 126 valence electrons. The maximum absolute atomic E-state index is 12.5. The Morgan fingerprint density at radius 2 is 1.96 bits per heavy atom. The van der Waals surface area contributed by atoms with E-state index < -0.39 is 0 Å². The van der Waals surface area contributed by atoms with Crippen LogP contribution < -0.4 is 11.1 Å². The molecule has 1 aliphatic rings. The van der Waals surface area contributed by atoms with Gasteiger partial charge in [-0.15, -0.1) is 0 Å². The quantitative estimate of drug-likeness (QED) is 0.850. The highest BCUT2D eigenvalue weighted by Crippen LogP contribution is 2.30. The van der Waals surface area contributed by atoms with Crippen LogP contribution in [0.15, 0.2) is 18.2 Å². The maximum atomic E-state index is 12.5. The van der Waals surface area contributed by atoms with E-state index in [9.17, 15) is 9.59 Å². The van der Waals surface area contributed by atoms with Crippen molar-refractivity contribution in [3.8, 4) is 0 Å². The number of carbonyl (C=O) groups is 2. The third-order valence-corrected chi connectivity index (χ3v) is 4.71. The summed E-state index contributed by atoms with van der Waals surface area (Å²) in [6.07, 6.45) is 2.33. The first kappa shape index (κ1) is 18.0. The van der Waals surface area contributed by atoms with E-state index in [-0.39, 0.29) is 30.3 Å². The molecular weight excluding hydrogens is 337 g/mol. The summed E-state index contributed by atoms with van der Waals surface area (Å²) in [7, 11) is 0. The van der Waals surface area contributed by atoms with Gasteiger partial charge < -0.3 is 16.0 Å². The molecule has 2 rings (SSSR count). The first-order chi connectivity index (χ1) is 10.9. The molecule has 3 N–H and O–H groups in total. The molecule has 2 amide bonds. The van der Waals surface area contributed by atoms with Crippen LogP contribution in [0.4, 0.5) is 5.69 Å². The van der Waals surface area contributed by atoms with Gasteiger partial charge in [-0.05, 0) is 38.3 Å². The molecule has 0 bridgehead atoms. The van der Waals surface area contributed by atoms with E-state index >= 15 is 0 Å². The van der Waals surface area contributed by atoms with Crippen molar-refractivity contribution in [1.82, 2.24) is 4.90 Å². The van der Waals surface area contributed by atoms with Crippen molar-refractivity contribution in [1.29, 1.82) is 0 Å². The number of likely N-dealkylation sites (N-methyl/N-ethyl adjacent to an activating group) is 1. The second-order valence-electron chi connectivity index (χ2n) is 5.77. The summed E-state index contributed by atoms with van der Waals surface area (Å²) in [5.74, 6) is -0.417. The number of nitrogens with two attached hydrogens (primary N) is 1. The van der Waals surface area contributed by atoms with Gasteiger partial charge in [0, 0.05) is 18.5 Å². The third kappa shape index (κ3) is 4.59. The molecule has 7 heteroatoms. The number of hydrogen-bond acceptors (Lipinski definition) is 3. The SMILES string of the molecule is CCN(CC(=O)Nc1c(Cl)cccc1Cl)C(=O)[C@@H]1CC[C@@H](N)C1. The summed E-state index contributed by atoms with van der Waals surface area (Å²) in [4.78, 5) is 26.2. The number of benzene rings is 1. The summed E-state index contributed by atoms with van der Waals surface area (Å²) in [6, 6.07) is 5.07. The average Bonchev–Trinajstić information content (AvgIpc) is 2.94. The van der Waals surface area contributed by atoms with E-state index in [0.29, 0.717) is 28.7 Å². The minimum Gasteiger partial charge on any atom is -0.333 e. The lowest BCUT2D eigenvalue weighted by molar-refractivity contribution is -0.138. The van der Waals surface area contributed by atoms with Crippen LogP contribution in [0.3, 0.4) is 0 Å². The minimum absolute atomic E-state index is 0.0131. The van der Waals surface area contributed by atoms with Crippen LogP contribution in [-0.2, 0) is 9.59 Å². The van der Waals surface area contributed by atoms with Crippen LogP contribution in [0.25, 0.3) is 0 Å². The third-order valence-electron chi connectivity index (χ3n) is 4.08. The zero-order valence-electron chi connectivity index (χ0n) is 13.0. The van der Waals surface area contributed by atoms with Gasteiger partial charge in [-0.2, -0.15) is 0 Å². The van der Waals surface area contributed by atoms with Crippen molar-refractivity contribution in [2.45, 2.75) is 32.2 Å². The first-order valence-electron chi connectivity index (χ1n) is 7.70. The monoisotopic (exact) mass is 357 g/mol. The summed E-state index contributed by atoms with van der Waals surface area (Å²) in [5, 5.41) is 3.40. The van der Waals surface area contributed by atoms with E-state index in [1.165, 1.54) is 0 Å². The molecule has 0 radical (unpaired) electrons. The Hall–Kier alpha value is -1.30. The van der Waals surface area contributed by atoms with E-state index in [0.717, 1.165) is 12.8 Å². The standard InChI is InChI=1S/C16H21Cl2N3O2/c1-2-21(16(23)10-6-7-11(19)8-10)9-14(22)20-15-12(17)4-3-5-13(15)18/h3-5,10-11H,2,6-9,19H2,1H3,(H,20,22)/t10-,11-/m1/s1.